The Morgan fingerprint density at radius 3 is 2.68 bits per heavy atom. The highest BCUT2D eigenvalue weighted by atomic mass is 32.1. The first-order valence-corrected chi connectivity index (χ1v) is 7.63. The molecule has 1 aliphatic rings. The minimum absolute atomic E-state index is 0.171. The zero-order chi connectivity index (χ0) is 13.9. The van der Waals surface area contributed by atoms with Crippen molar-refractivity contribution >= 4 is 11.3 Å². The molecule has 5 heteroatoms. The maximum atomic E-state index is 13.0. The number of rotatable bonds is 4. The summed E-state index contributed by atoms with van der Waals surface area (Å²) in [5, 5.41) is 12.1. The Morgan fingerprint density at radius 2 is 2.05 bits per heavy atom. The number of aliphatic hydroxyl groups excluding tert-OH is 1. The van der Waals surface area contributed by atoms with E-state index in [-0.39, 0.29) is 6.42 Å². The standard InChI is InChI=1S/C14H19F3OS/c15-14(16,17)12-6-2-1-5-11(12)13(18)8-7-10-4-3-9-19-10/h3-4,9,11-13,18H,1-2,5-8H2. The normalized spacial score (nSPS) is 26.3. The van der Waals surface area contributed by atoms with Gasteiger partial charge in [0.2, 0.25) is 0 Å². The lowest BCUT2D eigenvalue weighted by molar-refractivity contribution is -0.207. The van der Waals surface area contributed by atoms with E-state index in [1.807, 2.05) is 17.5 Å². The van der Waals surface area contributed by atoms with Gasteiger partial charge in [-0.15, -0.1) is 11.3 Å². The largest absolute Gasteiger partial charge is 0.393 e. The van der Waals surface area contributed by atoms with Gasteiger partial charge in [0.25, 0.3) is 0 Å². The first kappa shape index (κ1) is 14.9. The van der Waals surface area contributed by atoms with Crippen LogP contribution >= 0.6 is 11.3 Å². The molecule has 2 rings (SSSR count). The van der Waals surface area contributed by atoms with Crippen molar-refractivity contribution < 1.29 is 18.3 Å². The van der Waals surface area contributed by atoms with Crippen molar-refractivity contribution in [3.05, 3.63) is 22.4 Å². The molecule has 0 aromatic carbocycles. The third-order valence-electron chi connectivity index (χ3n) is 4.00. The fourth-order valence-corrected chi connectivity index (χ4v) is 3.71. The van der Waals surface area contributed by atoms with Crippen LogP contribution in [0, 0.1) is 11.8 Å². The molecule has 1 aromatic heterocycles. The monoisotopic (exact) mass is 292 g/mol. The van der Waals surface area contributed by atoms with E-state index in [0.717, 1.165) is 11.3 Å². The van der Waals surface area contributed by atoms with E-state index in [4.69, 9.17) is 0 Å². The molecule has 0 aliphatic heterocycles. The summed E-state index contributed by atoms with van der Waals surface area (Å²) in [6.07, 6.45) is -1.83. The lowest BCUT2D eigenvalue weighted by atomic mass is 9.75. The molecule has 1 aromatic rings. The van der Waals surface area contributed by atoms with Crippen LogP contribution in [0.4, 0.5) is 13.2 Å². The molecule has 19 heavy (non-hydrogen) atoms. The van der Waals surface area contributed by atoms with Gasteiger partial charge in [-0.05, 0) is 43.0 Å². The molecule has 1 fully saturated rings. The molecular weight excluding hydrogens is 273 g/mol. The Morgan fingerprint density at radius 1 is 1.32 bits per heavy atom. The van der Waals surface area contributed by atoms with Gasteiger partial charge in [0.15, 0.2) is 0 Å². The number of hydrogen-bond donors (Lipinski definition) is 1. The van der Waals surface area contributed by atoms with E-state index >= 15 is 0 Å². The molecule has 1 aliphatic carbocycles. The number of thiophene rings is 1. The molecule has 3 unspecified atom stereocenters. The Labute approximate surface area is 115 Å². The van der Waals surface area contributed by atoms with Crippen LogP contribution < -0.4 is 0 Å². The van der Waals surface area contributed by atoms with Crippen LogP contribution in [0.3, 0.4) is 0 Å². The minimum atomic E-state index is -4.17. The maximum absolute atomic E-state index is 13.0. The lowest BCUT2D eigenvalue weighted by Crippen LogP contribution is -2.39. The molecule has 1 N–H and O–H groups in total. The Hall–Kier alpha value is -0.550. The molecule has 0 spiro atoms. The molecule has 1 nitrogen and oxygen atoms in total. The topological polar surface area (TPSA) is 20.2 Å². The summed E-state index contributed by atoms with van der Waals surface area (Å²) >= 11 is 1.58. The summed E-state index contributed by atoms with van der Waals surface area (Å²) in [6, 6.07) is 3.88. The SMILES string of the molecule is OC(CCc1cccs1)C1CCCCC1C(F)(F)F. The van der Waals surface area contributed by atoms with E-state index in [2.05, 4.69) is 0 Å². The third kappa shape index (κ3) is 3.96. The summed E-state index contributed by atoms with van der Waals surface area (Å²) in [4.78, 5) is 1.12. The van der Waals surface area contributed by atoms with Crippen LogP contribution in [-0.2, 0) is 6.42 Å². The first-order valence-electron chi connectivity index (χ1n) is 6.75. The summed E-state index contributed by atoms with van der Waals surface area (Å²) in [5.41, 5.74) is 0. The van der Waals surface area contributed by atoms with E-state index in [1.54, 1.807) is 11.3 Å². The van der Waals surface area contributed by atoms with Crippen LogP contribution in [-0.4, -0.2) is 17.4 Å². The lowest BCUT2D eigenvalue weighted by Gasteiger charge is -2.36. The van der Waals surface area contributed by atoms with Crippen LogP contribution in [0.2, 0.25) is 0 Å². The van der Waals surface area contributed by atoms with Crippen LogP contribution in [0.25, 0.3) is 0 Å². The predicted molar refractivity (Wildman–Crippen MR) is 70.1 cm³/mol. The van der Waals surface area contributed by atoms with Crippen molar-refractivity contribution in [2.45, 2.75) is 50.8 Å². The zero-order valence-corrected chi connectivity index (χ0v) is 11.5. The fourth-order valence-electron chi connectivity index (χ4n) is 2.99. The van der Waals surface area contributed by atoms with Crippen molar-refractivity contribution in [2.24, 2.45) is 11.8 Å². The van der Waals surface area contributed by atoms with Gasteiger partial charge < -0.3 is 5.11 Å². The van der Waals surface area contributed by atoms with Crippen molar-refractivity contribution in [3.63, 3.8) is 0 Å². The molecule has 1 heterocycles. The van der Waals surface area contributed by atoms with Gasteiger partial charge in [-0.1, -0.05) is 18.9 Å². The second kappa shape index (κ2) is 6.27. The third-order valence-corrected chi connectivity index (χ3v) is 4.94. The minimum Gasteiger partial charge on any atom is -0.393 e. The number of hydrogen-bond acceptors (Lipinski definition) is 2. The zero-order valence-electron chi connectivity index (χ0n) is 10.7. The Kier molecular flexibility index (Phi) is 4.90. The second-order valence-corrected chi connectivity index (χ2v) is 6.31. The Bertz CT molecular complexity index is 375. The summed E-state index contributed by atoms with van der Waals surface area (Å²) in [5.74, 6) is -1.94. The number of aliphatic hydroxyl groups is 1. The summed E-state index contributed by atoms with van der Waals surface area (Å²) in [6.45, 7) is 0. The van der Waals surface area contributed by atoms with Crippen LogP contribution in [0.5, 0.6) is 0 Å². The smallest absolute Gasteiger partial charge is 0.392 e. The van der Waals surface area contributed by atoms with Crippen molar-refractivity contribution in [3.8, 4) is 0 Å². The molecule has 0 radical (unpaired) electrons. The molecule has 108 valence electrons. The highest BCUT2D eigenvalue weighted by Gasteiger charge is 2.47. The quantitative estimate of drug-likeness (QED) is 0.871. The van der Waals surface area contributed by atoms with E-state index in [0.29, 0.717) is 25.7 Å². The highest BCUT2D eigenvalue weighted by molar-refractivity contribution is 7.09. The van der Waals surface area contributed by atoms with Gasteiger partial charge in [-0.2, -0.15) is 13.2 Å². The average Bonchev–Trinajstić information content (AvgIpc) is 2.88. The van der Waals surface area contributed by atoms with Crippen LogP contribution in [0.15, 0.2) is 17.5 Å². The molecule has 0 bridgehead atoms. The predicted octanol–water partition coefficient (Wildman–Crippen LogP) is 4.41. The summed E-state index contributed by atoms with van der Waals surface area (Å²) in [7, 11) is 0. The highest BCUT2D eigenvalue weighted by Crippen LogP contribution is 2.43. The number of halogens is 3. The number of aryl methyl sites for hydroxylation is 1. The first-order chi connectivity index (χ1) is 8.98. The van der Waals surface area contributed by atoms with Gasteiger partial charge >= 0.3 is 6.18 Å². The summed E-state index contributed by atoms with van der Waals surface area (Å²) < 4.78 is 38.9. The van der Waals surface area contributed by atoms with Gasteiger partial charge in [0, 0.05) is 4.88 Å². The van der Waals surface area contributed by atoms with Gasteiger partial charge in [0.05, 0.1) is 12.0 Å². The number of alkyl halides is 3. The molecule has 0 amide bonds. The molecule has 1 saturated carbocycles. The van der Waals surface area contributed by atoms with E-state index < -0.39 is 24.1 Å². The molecular formula is C14H19F3OS. The van der Waals surface area contributed by atoms with E-state index in [1.165, 1.54) is 0 Å². The van der Waals surface area contributed by atoms with Gasteiger partial charge in [-0.3, -0.25) is 0 Å². The Balaban J connectivity index is 1.93. The molecule has 3 atom stereocenters. The molecule has 0 saturated heterocycles. The van der Waals surface area contributed by atoms with Crippen molar-refractivity contribution in [2.75, 3.05) is 0 Å². The van der Waals surface area contributed by atoms with Crippen molar-refractivity contribution in [1.29, 1.82) is 0 Å². The fraction of sp³-hybridized carbons (Fsp3) is 0.714. The average molecular weight is 292 g/mol. The van der Waals surface area contributed by atoms with E-state index in [9.17, 15) is 18.3 Å². The van der Waals surface area contributed by atoms with Gasteiger partial charge in [-0.25, -0.2) is 0 Å². The van der Waals surface area contributed by atoms with Crippen LogP contribution in [0.1, 0.15) is 37.0 Å². The second-order valence-electron chi connectivity index (χ2n) is 5.28. The maximum Gasteiger partial charge on any atom is 0.392 e. The van der Waals surface area contributed by atoms with Gasteiger partial charge in [0.1, 0.15) is 0 Å². The van der Waals surface area contributed by atoms with Crippen molar-refractivity contribution in [1.82, 2.24) is 0 Å².